The molecule has 0 atom stereocenters. The summed E-state index contributed by atoms with van der Waals surface area (Å²) in [5, 5.41) is 6.94. The third kappa shape index (κ3) is 6.23. The summed E-state index contributed by atoms with van der Waals surface area (Å²) in [7, 11) is 3.59. The number of nitrogens with one attached hydrogen (secondary N) is 2. The van der Waals surface area contributed by atoms with Crippen molar-refractivity contribution in [3.8, 4) is 5.75 Å². The van der Waals surface area contributed by atoms with Crippen molar-refractivity contribution in [3.63, 3.8) is 0 Å². The molecule has 1 saturated carbocycles. The third-order valence-electron chi connectivity index (χ3n) is 5.76. The number of nitrogens with zero attached hydrogens (tertiary/aromatic N) is 1. The zero-order valence-corrected chi connectivity index (χ0v) is 17.6. The Bertz CT molecular complexity index is 773. The molecule has 1 aliphatic rings. The van der Waals surface area contributed by atoms with Gasteiger partial charge in [-0.2, -0.15) is 0 Å². The summed E-state index contributed by atoms with van der Waals surface area (Å²) in [5.41, 5.74) is 2.63. The Balaban J connectivity index is 1.51. The summed E-state index contributed by atoms with van der Waals surface area (Å²) < 4.78 is 11.4. The van der Waals surface area contributed by atoms with Crippen LogP contribution >= 0.6 is 0 Å². The van der Waals surface area contributed by atoms with Gasteiger partial charge in [-0.1, -0.05) is 55.0 Å². The first kappa shape index (κ1) is 21.2. The van der Waals surface area contributed by atoms with E-state index in [0.29, 0.717) is 18.6 Å². The highest BCUT2D eigenvalue weighted by Gasteiger charge is 2.36. The van der Waals surface area contributed by atoms with Crippen LogP contribution in [0.5, 0.6) is 5.75 Å². The van der Waals surface area contributed by atoms with Crippen molar-refractivity contribution in [1.82, 2.24) is 10.6 Å². The molecule has 0 saturated heterocycles. The first-order valence-electron chi connectivity index (χ1n) is 10.4. The lowest BCUT2D eigenvalue weighted by molar-refractivity contribution is 0.0732. The number of methoxy groups -OCH3 is 1. The SMILES string of the molecule is CN=C(NCc1ccccc1OCc1ccccc1)NCC1(CCOC)CCC1. The van der Waals surface area contributed by atoms with E-state index in [0.717, 1.165) is 42.4 Å². The number of aliphatic imine (C=N–C) groups is 1. The molecule has 2 aromatic rings. The van der Waals surface area contributed by atoms with E-state index in [1.807, 2.05) is 43.4 Å². The van der Waals surface area contributed by atoms with Crippen LogP contribution < -0.4 is 15.4 Å². The van der Waals surface area contributed by atoms with E-state index in [2.05, 4.69) is 33.8 Å². The monoisotopic (exact) mass is 395 g/mol. The Kier molecular flexibility index (Phi) is 7.94. The Morgan fingerprint density at radius 3 is 2.48 bits per heavy atom. The summed E-state index contributed by atoms with van der Waals surface area (Å²) in [6, 6.07) is 18.4. The van der Waals surface area contributed by atoms with Crippen LogP contribution in [0.2, 0.25) is 0 Å². The standard InChI is InChI=1S/C24H33N3O2/c1-25-23(27-19-24(13-8-14-24)15-16-28-2)26-17-21-11-6-7-12-22(21)29-18-20-9-4-3-5-10-20/h3-7,9-12H,8,13-19H2,1-2H3,(H2,25,26,27). The smallest absolute Gasteiger partial charge is 0.191 e. The van der Waals surface area contributed by atoms with E-state index < -0.39 is 0 Å². The van der Waals surface area contributed by atoms with Gasteiger partial charge in [0, 0.05) is 39.4 Å². The van der Waals surface area contributed by atoms with Crippen LogP contribution in [0.15, 0.2) is 59.6 Å². The number of guanidine groups is 1. The third-order valence-corrected chi connectivity index (χ3v) is 5.76. The highest BCUT2D eigenvalue weighted by atomic mass is 16.5. The number of benzene rings is 2. The van der Waals surface area contributed by atoms with Crippen molar-refractivity contribution in [3.05, 3.63) is 65.7 Å². The van der Waals surface area contributed by atoms with Crippen molar-refractivity contribution < 1.29 is 9.47 Å². The predicted octanol–water partition coefficient (Wildman–Crippen LogP) is 4.14. The Hall–Kier alpha value is -2.53. The largest absolute Gasteiger partial charge is 0.489 e. The molecule has 0 aromatic heterocycles. The molecule has 1 fully saturated rings. The molecule has 29 heavy (non-hydrogen) atoms. The molecule has 0 radical (unpaired) electrons. The summed E-state index contributed by atoms with van der Waals surface area (Å²) in [4.78, 5) is 4.39. The molecule has 0 heterocycles. The molecular formula is C24H33N3O2. The maximum Gasteiger partial charge on any atom is 0.191 e. The van der Waals surface area contributed by atoms with Crippen molar-refractivity contribution in [2.75, 3.05) is 27.3 Å². The Morgan fingerprint density at radius 2 is 1.79 bits per heavy atom. The van der Waals surface area contributed by atoms with Crippen molar-refractivity contribution in [2.24, 2.45) is 10.4 Å². The summed E-state index contributed by atoms with van der Waals surface area (Å²) in [6.45, 7) is 2.98. The van der Waals surface area contributed by atoms with Gasteiger partial charge >= 0.3 is 0 Å². The van der Waals surface area contributed by atoms with Gasteiger partial charge in [-0.15, -0.1) is 0 Å². The minimum absolute atomic E-state index is 0.352. The molecule has 0 aliphatic heterocycles. The highest BCUT2D eigenvalue weighted by Crippen LogP contribution is 2.43. The van der Waals surface area contributed by atoms with Crippen LogP contribution in [0.3, 0.4) is 0 Å². The van der Waals surface area contributed by atoms with Gasteiger partial charge < -0.3 is 20.1 Å². The molecular weight excluding hydrogens is 362 g/mol. The van der Waals surface area contributed by atoms with Gasteiger partial charge in [-0.3, -0.25) is 4.99 Å². The molecule has 3 rings (SSSR count). The normalized spacial score (nSPS) is 15.4. The highest BCUT2D eigenvalue weighted by molar-refractivity contribution is 5.79. The fourth-order valence-corrected chi connectivity index (χ4v) is 3.71. The predicted molar refractivity (Wildman–Crippen MR) is 118 cm³/mol. The van der Waals surface area contributed by atoms with Crippen LogP contribution in [0.1, 0.15) is 36.8 Å². The van der Waals surface area contributed by atoms with Crippen LogP contribution in [0, 0.1) is 5.41 Å². The maximum absolute atomic E-state index is 6.06. The summed E-state index contributed by atoms with van der Waals surface area (Å²) in [5.74, 6) is 1.72. The lowest BCUT2D eigenvalue weighted by atomic mass is 9.67. The average molecular weight is 396 g/mol. The zero-order valence-electron chi connectivity index (χ0n) is 17.6. The van der Waals surface area contributed by atoms with Gasteiger partial charge in [0.25, 0.3) is 0 Å². The van der Waals surface area contributed by atoms with Crippen LogP contribution in [0.25, 0.3) is 0 Å². The van der Waals surface area contributed by atoms with Gasteiger partial charge in [0.05, 0.1) is 0 Å². The lowest BCUT2D eigenvalue weighted by Gasteiger charge is -2.42. The second-order valence-electron chi connectivity index (χ2n) is 7.76. The van der Waals surface area contributed by atoms with E-state index in [1.54, 1.807) is 7.11 Å². The first-order valence-corrected chi connectivity index (χ1v) is 10.4. The van der Waals surface area contributed by atoms with Crippen LogP contribution in [-0.4, -0.2) is 33.3 Å². The fraction of sp³-hybridized carbons (Fsp3) is 0.458. The molecule has 0 unspecified atom stereocenters. The number of hydrogen-bond donors (Lipinski definition) is 2. The molecule has 156 valence electrons. The van der Waals surface area contributed by atoms with E-state index in [4.69, 9.17) is 9.47 Å². The van der Waals surface area contributed by atoms with E-state index in [-0.39, 0.29) is 0 Å². The summed E-state index contributed by atoms with van der Waals surface area (Å²) >= 11 is 0. The Labute approximate surface area is 174 Å². The average Bonchev–Trinajstić information content (AvgIpc) is 2.74. The second kappa shape index (κ2) is 10.9. The molecule has 0 spiro atoms. The fourth-order valence-electron chi connectivity index (χ4n) is 3.71. The minimum Gasteiger partial charge on any atom is -0.489 e. The van der Waals surface area contributed by atoms with Crippen LogP contribution in [-0.2, 0) is 17.9 Å². The molecule has 1 aliphatic carbocycles. The maximum atomic E-state index is 6.06. The quantitative estimate of drug-likeness (QED) is 0.469. The number of hydrogen-bond acceptors (Lipinski definition) is 3. The molecule has 2 aromatic carbocycles. The topological polar surface area (TPSA) is 54.9 Å². The molecule has 5 nitrogen and oxygen atoms in total. The first-order chi connectivity index (χ1) is 14.2. The minimum atomic E-state index is 0.352. The van der Waals surface area contributed by atoms with Crippen molar-refractivity contribution >= 4 is 5.96 Å². The van der Waals surface area contributed by atoms with Crippen LogP contribution in [0.4, 0.5) is 0 Å². The molecule has 0 amide bonds. The van der Waals surface area contributed by atoms with Gasteiger partial charge in [0.1, 0.15) is 12.4 Å². The van der Waals surface area contributed by atoms with E-state index in [9.17, 15) is 0 Å². The summed E-state index contributed by atoms with van der Waals surface area (Å²) in [6.07, 6.45) is 4.93. The Morgan fingerprint density at radius 1 is 1.03 bits per heavy atom. The lowest BCUT2D eigenvalue weighted by Crippen LogP contribution is -2.46. The van der Waals surface area contributed by atoms with Crippen molar-refractivity contribution in [1.29, 1.82) is 0 Å². The van der Waals surface area contributed by atoms with E-state index in [1.165, 1.54) is 19.3 Å². The molecule has 2 N–H and O–H groups in total. The van der Waals surface area contributed by atoms with Gasteiger partial charge in [-0.25, -0.2) is 0 Å². The van der Waals surface area contributed by atoms with Gasteiger partial charge in [0.2, 0.25) is 0 Å². The zero-order chi connectivity index (χ0) is 20.4. The molecule has 5 heteroatoms. The molecule has 0 bridgehead atoms. The number of rotatable bonds is 10. The number of ether oxygens (including phenoxy) is 2. The van der Waals surface area contributed by atoms with Gasteiger partial charge in [0.15, 0.2) is 5.96 Å². The second-order valence-corrected chi connectivity index (χ2v) is 7.76. The van der Waals surface area contributed by atoms with Gasteiger partial charge in [-0.05, 0) is 36.3 Å². The van der Waals surface area contributed by atoms with E-state index >= 15 is 0 Å². The van der Waals surface area contributed by atoms with Crippen molar-refractivity contribution in [2.45, 2.75) is 38.8 Å². The number of para-hydroxylation sites is 1.